The Hall–Kier alpha value is -1.63. The maximum Gasteiger partial charge on any atom is 0.432 e. The van der Waals surface area contributed by atoms with E-state index in [-0.39, 0.29) is 6.54 Å². The predicted molar refractivity (Wildman–Crippen MR) is 38.5 cm³/mol. The number of hydrazine groups is 1. The topological polar surface area (TPSA) is 87.2 Å². The van der Waals surface area contributed by atoms with E-state index in [1.165, 1.54) is 12.1 Å². The predicted octanol–water partition coefficient (Wildman–Crippen LogP) is -1.10. The SMILES string of the molecule is CN1CC(=O)OC(=O)N1CC(=O)O. The lowest BCUT2D eigenvalue weighted by molar-refractivity contribution is -0.159. The number of aliphatic carboxylic acids is 1. The van der Waals surface area contributed by atoms with Crippen LogP contribution >= 0.6 is 0 Å². The van der Waals surface area contributed by atoms with Crippen LogP contribution in [0.1, 0.15) is 0 Å². The van der Waals surface area contributed by atoms with Crippen LogP contribution in [0.25, 0.3) is 0 Å². The highest BCUT2D eigenvalue weighted by molar-refractivity contribution is 5.89. The Morgan fingerprint density at radius 1 is 1.62 bits per heavy atom. The summed E-state index contributed by atoms with van der Waals surface area (Å²) < 4.78 is 4.21. The highest BCUT2D eigenvalue weighted by Crippen LogP contribution is 2.05. The van der Waals surface area contributed by atoms with Crippen LogP contribution in [0.4, 0.5) is 4.79 Å². The van der Waals surface area contributed by atoms with E-state index in [0.717, 1.165) is 5.01 Å². The van der Waals surface area contributed by atoms with E-state index in [0.29, 0.717) is 0 Å². The van der Waals surface area contributed by atoms with E-state index in [4.69, 9.17) is 5.11 Å². The van der Waals surface area contributed by atoms with E-state index in [2.05, 4.69) is 4.74 Å². The Labute approximate surface area is 73.4 Å². The second-order valence-electron chi connectivity index (χ2n) is 2.51. The number of hydrogen-bond acceptors (Lipinski definition) is 5. The number of nitrogens with zero attached hydrogens (tertiary/aromatic N) is 2. The lowest BCUT2D eigenvalue weighted by Gasteiger charge is -2.32. The Morgan fingerprint density at radius 2 is 2.23 bits per heavy atom. The first-order valence-electron chi connectivity index (χ1n) is 3.45. The number of carboxylic acids is 1. The molecule has 0 bridgehead atoms. The van der Waals surface area contributed by atoms with Gasteiger partial charge in [0.25, 0.3) is 0 Å². The fourth-order valence-electron chi connectivity index (χ4n) is 0.907. The normalized spacial score (nSPS) is 18.7. The molecular formula is C6H8N2O5. The number of ether oxygens (including phenoxy) is 1. The van der Waals surface area contributed by atoms with Crippen molar-refractivity contribution in [3.63, 3.8) is 0 Å². The van der Waals surface area contributed by atoms with Crippen molar-refractivity contribution in [2.24, 2.45) is 0 Å². The molecule has 1 saturated heterocycles. The number of carbonyl (C=O) groups is 3. The summed E-state index contributed by atoms with van der Waals surface area (Å²) in [5, 5.41) is 10.4. The quantitative estimate of drug-likeness (QED) is 0.437. The average Bonchev–Trinajstić information content (AvgIpc) is 1.96. The van der Waals surface area contributed by atoms with Gasteiger partial charge >= 0.3 is 18.0 Å². The van der Waals surface area contributed by atoms with Gasteiger partial charge in [0.15, 0.2) is 0 Å². The van der Waals surface area contributed by atoms with Crippen LogP contribution in [0.15, 0.2) is 0 Å². The van der Waals surface area contributed by atoms with Crippen LogP contribution in [0.2, 0.25) is 0 Å². The summed E-state index contributed by atoms with van der Waals surface area (Å²) >= 11 is 0. The van der Waals surface area contributed by atoms with Crippen molar-refractivity contribution < 1.29 is 24.2 Å². The molecule has 1 aliphatic rings. The van der Waals surface area contributed by atoms with Crippen LogP contribution in [-0.2, 0) is 14.3 Å². The maximum atomic E-state index is 10.9. The molecule has 0 aromatic carbocycles. The molecule has 0 spiro atoms. The van der Waals surface area contributed by atoms with Gasteiger partial charge in [-0.3, -0.25) is 9.59 Å². The standard InChI is InChI=1S/C6H8N2O5/c1-7-3-5(11)13-6(12)8(7)2-4(9)10/h2-3H2,1H3,(H,9,10). The molecule has 0 atom stereocenters. The van der Waals surface area contributed by atoms with Crippen molar-refractivity contribution in [2.75, 3.05) is 20.1 Å². The lowest BCUT2D eigenvalue weighted by atomic mass is 10.5. The number of amides is 1. The van der Waals surface area contributed by atoms with E-state index in [1.54, 1.807) is 0 Å². The van der Waals surface area contributed by atoms with Gasteiger partial charge in [-0.1, -0.05) is 0 Å². The van der Waals surface area contributed by atoms with Crippen molar-refractivity contribution in [3.05, 3.63) is 0 Å². The van der Waals surface area contributed by atoms with Crippen LogP contribution in [0.5, 0.6) is 0 Å². The third-order valence-corrected chi connectivity index (χ3v) is 1.47. The molecule has 0 unspecified atom stereocenters. The molecule has 0 aromatic rings. The number of carbonyl (C=O) groups excluding carboxylic acids is 2. The van der Waals surface area contributed by atoms with Crippen LogP contribution in [0, 0.1) is 0 Å². The first-order valence-corrected chi connectivity index (χ1v) is 3.45. The fourth-order valence-corrected chi connectivity index (χ4v) is 0.907. The Morgan fingerprint density at radius 3 is 2.69 bits per heavy atom. The van der Waals surface area contributed by atoms with Gasteiger partial charge in [0.05, 0.1) is 0 Å². The van der Waals surface area contributed by atoms with Gasteiger partial charge in [-0.2, -0.15) is 0 Å². The van der Waals surface area contributed by atoms with Gasteiger partial charge in [0.1, 0.15) is 13.1 Å². The van der Waals surface area contributed by atoms with Crippen molar-refractivity contribution in [2.45, 2.75) is 0 Å². The van der Waals surface area contributed by atoms with E-state index >= 15 is 0 Å². The second-order valence-corrected chi connectivity index (χ2v) is 2.51. The van der Waals surface area contributed by atoms with Crippen LogP contribution in [0.3, 0.4) is 0 Å². The third kappa shape index (κ3) is 2.15. The smallest absolute Gasteiger partial charge is 0.432 e. The van der Waals surface area contributed by atoms with Crippen molar-refractivity contribution in [3.8, 4) is 0 Å². The molecule has 0 radical (unpaired) electrons. The van der Waals surface area contributed by atoms with Gasteiger partial charge in [0, 0.05) is 7.05 Å². The Balaban J connectivity index is 2.67. The summed E-state index contributed by atoms with van der Waals surface area (Å²) in [5.74, 6) is -1.85. The van der Waals surface area contributed by atoms with Gasteiger partial charge < -0.3 is 9.84 Å². The minimum absolute atomic E-state index is 0.126. The van der Waals surface area contributed by atoms with Gasteiger partial charge in [0.2, 0.25) is 0 Å². The zero-order chi connectivity index (χ0) is 10.0. The Bertz CT molecular complexity index is 264. The van der Waals surface area contributed by atoms with E-state index in [1.807, 2.05) is 0 Å². The minimum Gasteiger partial charge on any atom is -0.480 e. The Kier molecular flexibility index (Phi) is 2.47. The molecule has 13 heavy (non-hydrogen) atoms. The molecule has 72 valence electrons. The summed E-state index contributed by atoms with van der Waals surface area (Å²) in [4.78, 5) is 31.9. The molecular weight excluding hydrogens is 180 g/mol. The van der Waals surface area contributed by atoms with Crippen molar-refractivity contribution >= 4 is 18.0 Å². The number of cyclic esters (lactones) is 2. The van der Waals surface area contributed by atoms with Gasteiger partial charge in [-0.05, 0) is 0 Å². The van der Waals surface area contributed by atoms with E-state index in [9.17, 15) is 14.4 Å². The van der Waals surface area contributed by atoms with Gasteiger partial charge in [-0.15, -0.1) is 0 Å². The molecule has 0 aliphatic carbocycles. The van der Waals surface area contributed by atoms with Crippen LogP contribution in [-0.4, -0.2) is 53.3 Å². The monoisotopic (exact) mass is 188 g/mol. The summed E-state index contributed by atoms with van der Waals surface area (Å²) in [6.45, 7) is -0.637. The summed E-state index contributed by atoms with van der Waals surface area (Å²) in [6, 6.07) is 0. The van der Waals surface area contributed by atoms with Gasteiger partial charge in [-0.25, -0.2) is 14.8 Å². The highest BCUT2D eigenvalue weighted by atomic mass is 16.6. The number of hydrogen-bond donors (Lipinski definition) is 1. The molecule has 7 heteroatoms. The summed E-state index contributed by atoms with van der Waals surface area (Å²) in [7, 11) is 1.43. The summed E-state index contributed by atoms with van der Waals surface area (Å²) in [5.41, 5.74) is 0. The first-order chi connectivity index (χ1) is 6.00. The lowest BCUT2D eigenvalue weighted by Crippen LogP contribution is -2.54. The number of rotatable bonds is 2. The number of carboxylic acid groups (broad SMARTS) is 1. The minimum atomic E-state index is -1.17. The number of likely N-dealkylation sites (N-methyl/N-ethyl adjacent to an activating group) is 1. The average molecular weight is 188 g/mol. The highest BCUT2D eigenvalue weighted by Gasteiger charge is 2.31. The molecule has 7 nitrogen and oxygen atoms in total. The molecule has 1 rings (SSSR count). The fraction of sp³-hybridized carbons (Fsp3) is 0.500. The first kappa shape index (κ1) is 9.46. The molecule has 1 aliphatic heterocycles. The number of esters is 1. The van der Waals surface area contributed by atoms with Crippen molar-refractivity contribution in [1.82, 2.24) is 10.0 Å². The molecule has 0 saturated carbocycles. The largest absolute Gasteiger partial charge is 0.480 e. The molecule has 0 aromatic heterocycles. The van der Waals surface area contributed by atoms with Crippen LogP contribution < -0.4 is 0 Å². The van der Waals surface area contributed by atoms with Crippen molar-refractivity contribution in [1.29, 1.82) is 0 Å². The summed E-state index contributed by atoms with van der Waals surface area (Å²) in [6.07, 6.45) is -0.957. The maximum absolute atomic E-state index is 10.9. The molecule has 1 N–H and O–H groups in total. The zero-order valence-electron chi connectivity index (χ0n) is 6.89. The second kappa shape index (κ2) is 3.40. The molecule has 1 fully saturated rings. The zero-order valence-corrected chi connectivity index (χ0v) is 6.89. The third-order valence-electron chi connectivity index (χ3n) is 1.47. The molecule has 1 amide bonds. The molecule has 1 heterocycles. The van der Waals surface area contributed by atoms with E-state index < -0.39 is 24.6 Å².